The van der Waals surface area contributed by atoms with Gasteiger partial charge in [0.05, 0.1) is 11.0 Å². The maximum atomic E-state index is 4.81. The van der Waals surface area contributed by atoms with Gasteiger partial charge in [0, 0.05) is 22.2 Å². The van der Waals surface area contributed by atoms with Crippen molar-refractivity contribution in [2.24, 2.45) is 0 Å². The topological polar surface area (TPSA) is 25.8 Å². The number of benzene rings is 1. The van der Waals surface area contributed by atoms with Crippen LogP contribution in [0.25, 0.3) is 21.8 Å². The third-order valence-corrected chi connectivity index (χ3v) is 4.73. The molecule has 0 aliphatic heterocycles. The van der Waals surface area contributed by atoms with Crippen molar-refractivity contribution >= 4 is 42.2 Å². The summed E-state index contributed by atoms with van der Waals surface area (Å²) in [6, 6.07) is 4.38. The van der Waals surface area contributed by atoms with E-state index in [9.17, 15) is 0 Å². The molecule has 0 N–H and O–H groups in total. The monoisotopic (exact) mass is 392 g/mol. The molecule has 0 unspecified atom stereocenters. The molecule has 0 aliphatic rings. The van der Waals surface area contributed by atoms with Crippen LogP contribution in [0.2, 0.25) is 0 Å². The number of hydrogen-bond acceptors (Lipinski definition) is 2. The average Bonchev–Trinajstić information content (AvgIpc) is 2.51. The van der Waals surface area contributed by atoms with Gasteiger partial charge < -0.3 is 0 Å². The zero-order valence-corrected chi connectivity index (χ0v) is 16.6. The number of hydrogen-bond donors (Lipinski definition) is 0. The van der Waals surface area contributed by atoms with E-state index in [0.717, 1.165) is 22.4 Å². The van der Waals surface area contributed by atoms with Crippen LogP contribution in [0.15, 0.2) is 12.1 Å². The van der Waals surface area contributed by atoms with Crippen LogP contribution >= 0.6 is 20.4 Å². The van der Waals surface area contributed by atoms with Gasteiger partial charge in [-0.2, -0.15) is 0 Å². The summed E-state index contributed by atoms with van der Waals surface area (Å²) < 4.78 is 0. The first-order valence-electron chi connectivity index (χ1n) is 7.29. The summed E-state index contributed by atoms with van der Waals surface area (Å²) in [6.45, 7) is 12.8. The van der Waals surface area contributed by atoms with Gasteiger partial charge in [0.1, 0.15) is 0 Å². The van der Waals surface area contributed by atoms with Crippen molar-refractivity contribution in [3.63, 3.8) is 0 Å². The van der Waals surface area contributed by atoms with Gasteiger partial charge in [-0.1, -0.05) is 12.1 Å². The molecule has 126 valence electrons. The Hall–Kier alpha value is -0.886. The van der Waals surface area contributed by atoms with E-state index in [1.807, 2.05) is 0 Å². The number of rotatable bonds is 0. The Morgan fingerprint density at radius 3 is 1.26 bits per heavy atom. The first-order chi connectivity index (χ1) is 10.8. The van der Waals surface area contributed by atoms with Gasteiger partial charge in [-0.15, -0.1) is 0 Å². The van der Waals surface area contributed by atoms with Crippen molar-refractivity contribution in [1.82, 2.24) is 9.97 Å². The second-order valence-electron chi connectivity index (χ2n) is 5.80. The van der Waals surface area contributed by atoms with E-state index < -0.39 is 0 Å². The van der Waals surface area contributed by atoms with Crippen molar-refractivity contribution in [3.05, 3.63) is 45.8 Å². The quantitative estimate of drug-likeness (QED) is 0.345. The number of nitrogens with zero attached hydrogens (tertiary/aromatic N) is 2. The van der Waals surface area contributed by atoms with Crippen LogP contribution in [0.5, 0.6) is 0 Å². The third-order valence-electron chi connectivity index (χ3n) is 4.73. The summed E-state index contributed by atoms with van der Waals surface area (Å²) in [6.07, 6.45) is 0. The SMILES string of the molecule is Cc1nc2c(ccc3c(C)c(C)c(C)nc32)c(C)c1C.[Cl][Ni][Cl]. The predicted octanol–water partition coefficient (Wildman–Crippen LogP) is 6.01. The van der Waals surface area contributed by atoms with Crippen LogP contribution in [0.3, 0.4) is 0 Å². The standard InChI is InChI=1S/C18H20N2.2ClH.Ni/c1-9-11(3)15-7-8-16-12(4)10(2)14(6)20-18(16)17(15)19-13(9)5;;;/h7-8H,1-6H3;2*1H;/q;;;+2/p-2. The fraction of sp³-hybridized carbons (Fsp3) is 0.333. The molecule has 5 heteroatoms. The zero-order chi connectivity index (χ0) is 17.3. The summed E-state index contributed by atoms with van der Waals surface area (Å²) in [5, 5.41) is 2.44. The van der Waals surface area contributed by atoms with Crippen LogP contribution in [0.1, 0.15) is 33.6 Å². The van der Waals surface area contributed by atoms with Gasteiger partial charge in [0.2, 0.25) is 0 Å². The summed E-state index contributed by atoms with van der Waals surface area (Å²) in [5.74, 6) is 0. The van der Waals surface area contributed by atoms with Crippen molar-refractivity contribution in [2.45, 2.75) is 41.5 Å². The van der Waals surface area contributed by atoms with Gasteiger partial charge in [-0.3, -0.25) is 9.97 Å². The number of halogens is 2. The molecule has 0 bridgehead atoms. The molecule has 0 amide bonds. The van der Waals surface area contributed by atoms with Gasteiger partial charge in [0.15, 0.2) is 0 Å². The molecule has 2 nitrogen and oxygen atoms in total. The molecular weight excluding hydrogens is 374 g/mol. The Bertz CT molecular complexity index is 819. The average molecular weight is 394 g/mol. The summed E-state index contributed by atoms with van der Waals surface area (Å²) >= 11 is 0.569. The molecule has 0 fully saturated rings. The Morgan fingerprint density at radius 1 is 0.652 bits per heavy atom. The summed E-state index contributed by atoms with van der Waals surface area (Å²) in [7, 11) is 9.40. The van der Waals surface area contributed by atoms with Gasteiger partial charge in [-0.05, 0) is 63.8 Å². The van der Waals surface area contributed by atoms with E-state index in [0.29, 0.717) is 12.7 Å². The van der Waals surface area contributed by atoms with Crippen LogP contribution in [-0.2, 0) is 12.7 Å². The number of pyridine rings is 2. The van der Waals surface area contributed by atoms with Crippen molar-refractivity contribution in [1.29, 1.82) is 0 Å². The molecule has 3 rings (SSSR count). The molecule has 0 radical (unpaired) electrons. The first kappa shape index (κ1) is 18.5. The zero-order valence-electron chi connectivity index (χ0n) is 14.1. The van der Waals surface area contributed by atoms with Crippen molar-refractivity contribution < 1.29 is 12.7 Å². The Balaban J connectivity index is 0.000000595. The minimum atomic E-state index is 0.569. The third kappa shape index (κ3) is 3.33. The second-order valence-corrected chi connectivity index (χ2v) is 7.43. The number of aryl methyl sites for hydroxylation is 4. The summed E-state index contributed by atoms with van der Waals surface area (Å²) in [4.78, 5) is 9.63. The van der Waals surface area contributed by atoms with E-state index in [1.54, 1.807) is 0 Å². The molecule has 23 heavy (non-hydrogen) atoms. The van der Waals surface area contributed by atoms with Crippen molar-refractivity contribution in [3.8, 4) is 0 Å². The molecule has 0 atom stereocenters. The molecule has 0 spiro atoms. The molecular formula is C18H20Cl2N2Ni. The van der Waals surface area contributed by atoms with Gasteiger partial charge in [0.25, 0.3) is 0 Å². The molecule has 2 aromatic heterocycles. The summed E-state index contributed by atoms with van der Waals surface area (Å²) in [5.41, 5.74) is 9.44. The Morgan fingerprint density at radius 2 is 0.957 bits per heavy atom. The van der Waals surface area contributed by atoms with E-state index in [4.69, 9.17) is 30.4 Å². The molecule has 0 saturated carbocycles. The number of fused-ring (bicyclic) bond motifs is 3. The molecule has 0 saturated heterocycles. The Labute approximate surface area is 152 Å². The van der Waals surface area contributed by atoms with E-state index >= 15 is 0 Å². The van der Waals surface area contributed by atoms with E-state index in [2.05, 4.69) is 53.7 Å². The predicted molar refractivity (Wildman–Crippen MR) is 97.2 cm³/mol. The fourth-order valence-corrected chi connectivity index (χ4v) is 2.86. The molecule has 2 heterocycles. The van der Waals surface area contributed by atoms with Crippen LogP contribution in [0, 0.1) is 41.5 Å². The van der Waals surface area contributed by atoms with E-state index in [1.165, 1.54) is 33.0 Å². The minimum absolute atomic E-state index is 0.569. The second kappa shape index (κ2) is 7.34. The van der Waals surface area contributed by atoms with Crippen LogP contribution in [0.4, 0.5) is 0 Å². The number of aromatic nitrogens is 2. The van der Waals surface area contributed by atoms with Crippen LogP contribution < -0.4 is 0 Å². The van der Waals surface area contributed by atoms with Crippen LogP contribution in [-0.4, -0.2) is 9.97 Å². The molecule has 0 aliphatic carbocycles. The fourth-order valence-electron chi connectivity index (χ4n) is 2.86. The normalized spacial score (nSPS) is 11.0. The van der Waals surface area contributed by atoms with E-state index in [-0.39, 0.29) is 0 Å². The van der Waals surface area contributed by atoms with Gasteiger partial charge in [-0.25, -0.2) is 0 Å². The molecule has 3 aromatic rings. The first-order valence-corrected chi connectivity index (χ1v) is 10.0. The maximum absolute atomic E-state index is 4.81. The Kier molecular flexibility index (Phi) is 5.89. The van der Waals surface area contributed by atoms with Gasteiger partial charge >= 0.3 is 33.0 Å². The molecule has 1 aromatic carbocycles. The van der Waals surface area contributed by atoms with Crippen molar-refractivity contribution in [2.75, 3.05) is 0 Å².